The molecule has 0 aliphatic heterocycles. The quantitative estimate of drug-likeness (QED) is 0.152. The van der Waals surface area contributed by atoms with E-state index in [-0.39, 0.29) is 11.7 Å². The Hall–Kier alpha value is -2.58. The summed E-state index contributed by atoms with van der Waals surface area (Å²) in [6.45, 7) is 13.4. The lowest BCUT2D eigenvalue weighted by Gasteiger charge is -2.15. The molecule has 0 fully saturated rings. The molecule has 0 saturated carbocycles. The monoisotopic (exact) mass is 556 g/mol. The van der Waals surface area contributed by atoms with Gasteiger partial charge in [0.25, 0.3) is 0 Å². The zero-order valence-electron chi connectivity index (χ0n) is 20.8. The number of rotatable bonds is 12. The van der Waals surface area contributed by atoms with Gasteiger partial charge in [-0.05, 0) is 61.1 Å². The summed E-state index contributed by atoms with van der Waals surface area (Å²) in [6, 6.07) is 12.0. The van der Waals surface area contributed by atoms with E-state index in [1.165, 1.54) is 17.3 Å². The number of carbonyl (C=O) groups excluding carboxylic acids is 1. The average Bonchev–Trinajstić information content (AvgIpc) is 3.19. The van der Waals surface area contributed by atoms with Crippen LogP contribution in [0.3, 0.4) is 0 Å². The molecule has 1 heterocycles. The Kier molecular flexibility index (Phi) is 9.98. The van der Waals surface area contributed by atoms with Crippen molar-refractivity contribution in [2.45, 2.75) is 58.2 Å². The summed E-state index contributed by atoms with van der Waals surface area (Å²) < 4.78 is 9.23. The average molecular weight is 558 g/mol. The van der Waals surface area contributed by atoms with Crippen LogP contribution in [0.15, 0.2) is 58.7 Å². The Morgan fingerprint density at radius 2 is 2.00 bits per heavy atom. The van der Waals surface area contributed by atoms with Crippen molar-refractivity contribution in [3.8, 4) is 5.75 Å². The zero-order chi connectivity index (χ0) is 25.4. The summed E-state index contributed by atoms with van der Waals surface area (Å²) >= 11 is 5.03. The second-order valence-electron chi connectivity index (χ2n) is 8.70. The molecule has 8 heteroatoms. The first-order valence-electron chi connectivity index (χ1n) is 11.7. The molecule has 0 spiro atoms. The fourth-order valence-corrected chi connectivity index (χ4v) is 5.31. The van der Waals surface area contributed by atoms with Gasteiger partial charge in [0.15, 0.2) is 5.16 Å². The van der Waals surface area contributed by atoms with Gasteiger partial charge in [0.2, 0.25) is 5.91 Å². The molecule has 0 aliphatic carbocycles. The number of para-hydroxylation sites is 1. The molecule has 0 radical (unpaired) electrons. The first kappa shape index (κ1) is 27.0. The number of aromatic nitrogens is 3. The number of thioether (sulfide) groups is 1. The number of ether oxygens (including phenoxy) is 1. The van der Waals surface area contributed by atoms with Crippen LogP contribution in [0.4, 0.5) is 5.69 Å². The summed E-state index contributed by atoms with van der Waals surface area (Å²) in [7, 11) is 0. The molecule has 1 N–H and O–H groups in total. The fourth-order valence-electron chi connectivity index (χ4n) is 3.63. The molecule has 2 aromatic carbocycles. The third kappa shape index (κ3) is 7.45. The highest BCUT2D eigenvalue weighted by Crippen LogP contribution is 2.31. The maximum absolute atomic E-state index is 12.4. The van der Waals surface area contributed by atoms with Crippen molar-refractivity contribution in [3.63, 3.8) is 0 Å². The maximum Gasteiger partial charge on any atom is 0.234 e. The van der Waals surface area contributed by atoms with Gasteiger partial charge >= 0.3 is 0 Å². The maximum atomic E-state index is 12.4. The third-order valence-electron chi connectivity index (χ3n) is 5.58. The second kappa shape index (κ2) is 12.9. The number of allylic oxidation sites excluding steroid dienone is 1. The van der Waals surface area contributed by atoms with E-state index in [9.17, 15) is 4.79 Å². The Balaban J connectivity index is 1.56. The summed E-state index contributed by atoms with van der Waals surface area (Å²) in [5.74, 6) is 2.39. The van der Waals surface area contributed by atoms with Crippen LogP contribution in [0.1, 0.15) is 48.7 Å². The number of hydrogen-bond donors (Lipinski definition) is 1. The minimum atomic E-state index is -0.0713. The highest BCUT2D eigenvalue weighted by Gasteiger charge is 2.15. The predicted octanol–water partition coefficient (Wildman–Crippen LogP) is 6.71. The van der Waals surface area contributed by atoms with Crippen LogP contribution < -0.4 is 10.1 Å². The number of amides is 1. The number of aryl methyl sites for hydroxylation is 3. The lowest BCUT2D eigenvalue weighted by molar-refractivity contribution is -0.113. The lowest BCUT2D eigenvalue weighted by atomic mass is 10.0. The highest BCUT2D eigenvalue weighted by atomic mass is 79.9. The van der Waals surface area contributed by atoms with Crippen molar-refractivity contribution < 1.29 is 9.53 Å². The zero-order valence-corrected chi connectivity index (χ0v) is 23.2. The SMILES string of the molecule is C=CCn1c(CCCOc2cc(C(C)C)c(Br)cc2C)nnc1SCC(=O)Nc1ccccc1C. The summed E-state index contributed by atoms with van der Waals surface area (Å²) in [5.41, 5.74) is 4.21. The molecule has 3 aromatic rings. The number of anilines is 1. The molecular weight excluding hydrogens is 524 g/mol. The summed E-state index contributed by atoms with van der Waals surface area (Å²) in [5, 5.41) is 12.4. The van der Waals surface area contributed by atoms with Crippen molar-refractivity contribution in [3.05, 3.63) is 76.0 Å². The molecular formula is C27H33BrN4O2S. The van der Waals surface area contributed by atoms with Gasteiger partial charge in [-0.25, -0.2) is 0 Å². The number of carbonyl (C=O) groups is 1. The van der Waals surface area contributed by atoms with E-state index in [1.54, 1.807) is 0 Å². The molecule has 3 rings (SSSR count). The van der Waals surface area contributed by atoms with E-state index in [1.807, 2.05) is 41.8 Å². The third-order valence-corrected chi connectivity index (χ3v) is 7.23. The second-order valence-corrected chi connectivity index (χ2v) is 10.5. The van der Waals surface area contributed by atoms with Gasteiger partial charge < -0.3 is 14.6 Å². The number of nitrogens with one attached hydrogen (secondary N) is 1. The number of halogens is 1. The van der Waals surface area contributed by atoms with Crippen LogP contribution in [-0.2, 0) is 17.8 Å². The van der Waals surface area contributed by atoms with E-state index in [4.69, 9.17) is 4.74 Å². The first-order chi connectivity index (χ1) is 16.8. The largest absolute Gasteiger partial charge is 0.493 e. The van der Waals surface area contributed by atoms with Gasteiger partial charge in [-0.1, -0.05) is 65.8 Å². The van der Waals surface area contributed by atoms with Crippen LogP contribution in [0, 0.1) is 13.8 Å². The van der Waals surface area contributed by atoms with Crippen molar-refractivity contribution >= 4 is 39.3 Å². The van der Waals surface area contributed by atoms with E-state index >= 15 is 0 Å². The molecule has 0 aliphatic rings. The lowest BCUT2D eigenvalue weighted by Crippen LogP contribution is -2.15. The predicted molar refractivity (Wildman–Crippen MR) is 148 cm³/mol. The van der Waals surface area contributed by atoms with Gasteiger partial charge in [0, 0.05) is 23.1 Å². The molecule has 6 nitrogen and oxygen atoms in total. The standard InChI is InChI=1S/C27H33BrN4O2S/c1-6-13-32-25(12-9-14-34-24-16-21(18(2)3)22(28)15-20(24)5)30-31-27(32)35-17-26(33)29-23-11-8-7-10-19(23)4/h6-8,10-11,15-16,18H,1,9,12-14,17H2,2-5H3,(H,29,33). The molecule has 1 amide bonds. The van der Waals surface area contributed by atoms with E-state index in [2.05, 4.69) is 70.9 Å². The Morgan fingerprint density at radius 1 is 1.23 bits per heavy atom. The molecule has 0 saturated heterocycles. The van der Waals surface area contributed by atoms with Crippen molar-refractivity contribution in [2.75, 3.05) is 17.7 Å². The van der Waals surface area contributed by atoms with E-state index in [0.29, 0.717) is 24.2 Å². The van der Waals surface area contributed by atoms with Crippen LogP contribution in [-0.4, -0.2) is 33.0 Å². The number of hydrogen-bond acceptors (Lipinski definition) is 5. The molecule has 186 valence electrons. The highest BCUT2D eigenvalue weighted by molar-refractivity contribution is 9.10. The Bertz CT molecular complexity index is 1180. The van der Waals surface area contributed by atoms with E-state index in [0.717, 1.165) is 45.7 Å². The molecule has 1 aromatic heterocycles. The van der Waals surface area contributed by atoms with Gasteiger partial charge in [-0.2, -0.15) is 0 Å². The normalized spacial score (nSPS) is 11.0. The summed E-state index contributed by atoms with van der Waals surface area (Å²) in [6.07, 6.45) is 3.35. The van der Waals surface area contributed by atoms with Crippen molar-refractivity contribution in [2.24, 2.45) is 0 Å². The fraction of sp³-hybridized carbons (Fsp3) is 0.370. The first-order valence-corrected chi connectivity index (χ1v) is 13.5. The minimum absolute atomic E-state index is 0.0713. The van der Waals surface area contributed by atoms with Gasteiger partial charge in [-0.3, -0.25) is 4.79 Å². The molecule has 0 atom stereocenters. The van der Waals surface area contributed by atoms with Crippen LogP contribution in [0.2, 0.25) is 0 Å². The Morgan fingerprint density at radius 3 is 2.71 bits per heavy atom. The van der Waals surface area contributed by atoms with E-state index < -0.39 is 0 Å². The topological polar surface area (TPSA) is 69.0 Å². The number of benzene rings is 2. The van der Waals surface area contributed by atoms with Gasteiger partial charge in [-0.15, -0.1) is 16.8 Å². The van der Waals surface area contributed by atoms with Gasteiger partial charge in [0.1, 0.15) is 11.6 Å². The van der Waals surface area contributed by atoms with Crippen LogP contribution >= 0.6 is 27.7 Å². The smallest absolute Gasteiger partial charge is 0.234 e. The minimum Gasteiger partial charge on any atom is -0.493 e. The number of nitrogens with zero attached hydrogens (tertiary/aromatic N) is 3. The molecule has 0 bridgehead atoms. The Labute approximate surface area is 220 Å². The van der Waals surface area contributed by atoms with Crippen molar-refractivity contribution in [1.82, 2.24) is 14.8 Å². The van der Waals surface area contributed by atoms with Gasteiger partial charge in [0.05, 0.1) is 12.4 Å². The molecule has 0 unspecified atom stereocenters. The van der Waals surface area contributed by atoms with Crippen LogP contribution in [0.5, 0.6) is 5.75 Å². The molecule has 35 heavy (non-hydrogen) atoms. The van der Waals surface area contributed by atoms with Crippen molar-refractivity contribution in [1.29, 1.82) is 0 Å². The summed E-state index contributed by atoms with van der Waals surface area (Å²) in [4.78, 5) is 12.4. The van der Waals surface area contributed by atoms with Crippen LogP contribution in [0.25, 0.3) is 0 Å².